The molecule has 4 rings (SSSR count). The summed E-state index contributed by atoms with van der Waals surface area (Å²) in [6, 6.07) is 9.28. The predicted octanol–water partition coefficient (Wildman–Crippen LogP) is 5.38. The Kier molecular flexibility index (Phi) is 9.09. The van der Waals surface area contributed by atoms with Gasteiger partial charge in [-0.3, -0.25) is 19.7 Å². The third-order valence-electron chi connectivity index (χ3n) is 8.38. The van der Waals surface area contributed by atoms with Gasteiger partial charge in [0.25, 0.3) is 5.69 Å². The number of hydrogen-bond donors (Lipinski definition) is 3. The van der Waals surface area contributed by atoms with E-state index in [2.05, 4.69) is 13.0 Å². The summed E-state index contributed by atoms with van der Waals surface area (Å²) in [5, 5.41) is 43.2. The molecule has 1 fully saturated rings. The molecule has 2 aliphatic rings. The van der Waals surface area contributed by atoms with Gasteiger partial charge in [-0.15, -0.1) is 0 Å². The van der Waals surface area contributed by atoms with Gasteiger partial charge in [0.15, 0.2) is 0 Å². The van der Waals surface area contributed by atoms with Crippen LogP contribution in [0.2, 0.25) is 0 Å². The number of rotatable bonds is 10. The third kappa shape index (κ3) is 5.96. The summed E-state index contributed by atoms with van der Waals surface area (Å²) in [4.78, 5) is 38.7. The van der Waals surface area contributed by atoms with Gasteiger partial charge in [-0.2, -0.15) is 0 Å². The Bertz CT molecular complexity index is 1400. The maximum Gasteiger partial charge on any atom is 0.271 e. The number of phenols is 1. The van der Waals surface area contributed by atoms with Crippen molar-refractivity contribution in [1.29, 1.82) is 0 Å². The molecule has 2 aromatic carbocycles. The fraction of sp³-hybridized carbons (Fsp3) is 0.438. The van der Waals surface area contributed by atoms with Gasteiger partial charge in [-0.25, -0.2) is 4.90 Å². The van der Waals surface area contributed by atoms with E-state index in [0.717, 1.165) is 45.6 Å². The van der Waals surface area contributed by atoms with Gasteiger partial charge in [0, 0.05) is 18.1 Å². The van der Waals surface area contributed by atoms with E-state index in [-0.39, 0.29) is 23.5 Å². The standard InChI is InChI=1S/C32H38N2O7/c1-5-7-21(15-22-12-19(3)30(37)20(4)13-22)10-11-27(36)28-18(2)14-25-29(26(28)17-35)32(39)33(31(25)38)23-8-6-9-24(16-23)34(40)41/h6,8-9,12-13,15-16,25-27,29,35-37H,5,7,10-11,14,17H2,1-4H3/b21-15+/t25-,26+,27-,29-/m1/s1. The van der Waals surface area contributed by atoms with Gasteiger partial charge in [-0.1, -0.05) is 36.6 Å². The van der Waals surface area contributed by atoms with Gasteiger partial charge in [0.1, 0.15) is 5.75 Å². The van der Waals surface area contributed by atoms with E-state index in [1.54, 1.807) is 0 Å². The molecule has 1 aliphatic heterocycles. The molecule has 4 atom stereocenters. The average Bonchev–Trinajstić information content (AvgIpc) is 3.18. The van der Waals surface area contributed by atoms with Gasteiger partial charge in [-0.05, 0) is 86.9 Å². The zero-order valence-electron chi connectivity index (χ0n) is 24.0. The molecule has 9 nitrogen and oxygen atoms in total. The van der Waals surface area contributed by atoms with E-state index in [1.807, 2.05) is 32.9 Å². The quantitative estimate of drug-likeness (QED) is 0.153. The number of carbonyl (C=O) groups is 2. The minimum atomic E-state index is -0.911. The number of fused-ring (bicyclic) bond motifs is 1. The molecule has 0 radical (unpaired) electrons. The second-order valence-corrected chi connectivity index (χ2v) is 11.3. The highest BCUT2D eigenvalue weighted by atomic mass is 16.6. The molecular formula is C32H38N2O7. The van der Waals surface area contributed by atoms with E-state index in [0.29, 0.717) is 18.4 Å². The van der Waals surface area contributed by atoms with Crippen molar-refractivity contribution in [2.45, 2.75) is 65.9 Å². The number of aliphatic hydroxyl groups is 2. The fourth-order valence-corrected chi connectivity index (χ4v) is 6.49. The molecule has 9 heteroatoms. The van der Waals surface area contributed by atoms with Crippen molar-refractivity contribution in [3.8, 4) is 5.75 Å². The van der Waals surface area contributed by atoms with Crippen LogP contribution >= 0.6 is 0 Å². The average molecular weight is 563 g/mol. The number of imide groups is 1. The van der Waals surface area contributed by atoms with Crippen molar-refractivity contribution in [2.24, 2.45) is 17.8 Å². The lowest BCUT2D eigenvalue weighted by Gasteiger charge is -2.35. The lowest BCUT2D eigenvalue weighted by atomic mass is 9.68. The van der Waals surface area contributed by atoms with Gasteiger partial charge in [0.2, 0.25) is 11.8 Å². The number of allylic oxidation sites excluding steroid dienone is 2. The Morgan fingerprint density at radius 2 is 1.80 bits per heavy atom. The molecule has 0 unspecified atom stereocenters. The summed E-state index contributed by atoms with van der Waals surface area (Å²) < 4.78 is 0. The maximum atomic E-state index is 13.6. The first-order valence-electron chi connectivity index (χ1n) is 14.1. The molecule has 0 aromatic heterocycles. The topological polar surface area (TPSA) is 141 Å². The Morgan fingerprint density at radius 1 is 1.12 bits per heavy atom. The lowest BCUT2D eigenvalue weighted by molar-refractivity contribution is -0.384. The second-order valence-electron chi connectivity index (χ2n) is 11.3. The van der Waals surface area contributed by atoms with Crippen LogP contribution in [0.25, 0.3) is 6.08 Å². The maximum absolute atomic E-state index is 13.6. The van der Waals surface area contributed by atoms with Crippen molar-refractivity contribution < 1.29 is 29.8 Å². The number of aryl methyl sites for hydroxylation is 2. The Labute approximate surface area is 240 Å². The number of benzene rings is 2. The van der Waals surface area contributed by atoms with Crippen LogP contribution in [0.15, 0.2) is 53.1 Å². The molecule has 1 aliphatic carbocycles. The number of nitro groups is 1. The minimum absolute atomic E-state index is 0.133. The zero-order valence-corrected chi connectivity index (χ0v) is 24.0. The van der Waals surface area contributed by atoms with E-state index < -0.39 is 47.2 Å². The van der Waals surface area contributed by atoms with Gasteiger partial charge < -0.3 is 15.3 Å². The lowest BCUT2D eigenvalue weighted by Crippen LogP contribution is -2.38. The number of nitrogens with zero attached hydrogens (tertiary/aromatic N) is 2. The normalized spacial score (nSPS) is 21.9. The van der Waals surface area contributed by atoms with Crippen LogP contribution in [0.3, 0.4) is 0 Å². The van der Waals surface area contributed by atoms with Gasteiger partial charge in [0.05, 0.1) is 35.2 Å². The number of carbonyl (C=O) groups excluding carboxylic acids is 2. The first kappa shape index (κ1) is 30.1. The number of nitro benzene ring substituents is 1. The van der Waals surface area contributed by atoms with Crippen molar-refractivity contribution in [3.63, 3.8) is 0 Å². The fourth-order valence-electron chi connectivity index (χ4n) is 6.49. The molecule has 0 bridgehead atoms. The molecule has 2 amide bonds. The number of aromatic hydroxyl groups is 1. The van der Waals surface area contributed by atoms with Crippen molar-refractivity contribution in [2.75, 3.05) is 11.5 Å². The highest BCUT2D eigenvalue weighted by Gasteiger charge is 2.55. The first-order chi connectivity index (χ1) is 19.5. The molecule has 0 spiro atoms. The summed E-state index contributed by atoms with van der Waals surface area (Å²) in [7, 11) is 0. The largest absolute Gasteiger partial charge is 0.507 e. The summed E-state index contributed by atoms with van der Waals surface area (Å²) in [6.45, 7) is 7.23. The van der Waals surface area contributed by atoms with E-state index in [1.165, 1.54) is 24.3 Å². The van der Waals surface area contributed by atoms with E-state index in [9.17, 15) is 35.0 Å². The van der Waals surface area contributed by atoms with E-state index >= 15 is 0 Å². The molecule has 41 heavy (non-hydrogen) atoms. The van der Waals surface area contributed by atoms with Crippen molar-refractivity contribution in [3.05, 3.63) is 79.9 Å². The van der Waals surface area contributed by atoms with Crippen LogP contribution in [0.5, 0.6) is 5.75 Å². The smallest absolute Gasteiger partial charge is 0.271 e. The Morgan fingerprint density at radius 3 is 2.41 bits per heavy atom. The van der Waals surface area contributed by atoms with E-state index in [4.69, 9.17) is 0 Å². The summed E-state index contributed by atoms with van der Waals surface area (Å²) >= 11 is 0. The minimum Gasteiger partial charge on any atom is -0.507 e. The first-order valence-corrected chi connectivity index (χ1v) is 14.1. The Balaban J connectivity index is 1.57. The van der Waals surface area contributed by atoms with Crippen LogP contribution in [0.4, 0.5) is 11.4 Å². The highest BCUT2D eigenvalue weighted by Crippen LogP contribution is 2.47. The number of aliphatic hydroxyl groups excluding tert-OH is 2. The molecular weight excluding hydrogens is 524 g/mol. The SMILES string of the molecule is CCC/C(=C\c1cc(C)c(O)c(C)c1)CC[C@@H](O)C1=C(C)C[C@H]2C(=O)N(c3cccc([N+](=O)[O-])c3)C(=O)[C@H]2[C@H]1CO. The second kappa shape index (κ2) is 12.4. The molecule has 3 N–H and O–H groups in total. The van der Waals surface area contributed by atoms with Crippen molar-refractivity contribution >= 4 is 29.3 Å². The van der Waals surface area contributed by atoms with Crippen molar-refractivity contribution in [1.82, 2.24) is 0 Å². The molecule has 218 valence electrons. The predicted molar refractivity (Wildman–Crippen MR) is 156 cm³/mol. The number of phenolic OH excluding ortho intramolecular Hbond substituents is 1. The molecule has 1 saturated heterocycles. The number of hydrogen-bond acceptors (Lipinski definition) is 7. The highest BCUT2D eigenvalue weighted by molar-refractivity contribution is 6.22. The number of anilines is 1. The van der Waals surface area contributed by atoms with Crippen LogP contribution in [0.1, 0.15) is 62.6 Å². The summed E-state index contributed by atoms with van der Waals surface area (Å²) in [6.07, 6.45) is 4.20. The Hall–Kier alpha value is -3.82. The molecule has 2 aromatic rings. The number of amides is 2. The monoisotopic (exact) mass is 562 g/mol. The van der Waals surface area contributed by atoms with Crippen LogP contribution in [-0.4, -0.2) is 44.8 Å². The van der Waals surface area contributed by atoms with Crippen LogP contribution in [0, 0.1) is 41.7 Å². The summed E-state index contributed by atoms with van der Waals surface area (Å²) in [5.41, 5.74) is 5.01. The molecule has 0 saturated carbocycles. The van der Waals surface area contributed by atoms with Crippen LogP contribution in [-0.2, 0) is 9.59 Å². The summed E-state index contributed by atoms with van der Waals surface area (Å²) in [5.74, 6) is -2.96. The third-order valence-corrected chi connectivity index (χ3v) is 8.38. The van der Waals surface area contributed by atoms with Crippen LogP contribution < -0.4 is 4.90 Å². The molecule has 1 heterocycles. The zero-order chi connectivity index (χ0) is 30.0. The number of non-ortho nitro benzene ring substituents is 1. The van der Waals surface area contributed by atoms with Gasteiger partial charge >= 0.3 is 0 Å².